The monoisotopic (exact) mass is 1060 g/mol. The van der Waals surface area contributed by atoms with Crippen LogP contribution in [0.3, 0.4) is 0 Å². The molecule has 0 bridgehead atoms. The maximum absolute atomic E-state index is 14.2. The Balaban J connectivity index is 1.62. The van der Waals surface area contributed by atoms with Crippen LogP contribution in [0.2, 0.25) is 0 Å². The van der Waals surface area contributed by atoms with Gasteiger partial charge in [0.15, 0.2) is 11.9 Å². The van der Waals surface area contributed by atoms with Gasteiger partial charge in [-0.05, 0) is 69.9 Å². The average molecular weight is 1070 g/mol. The Labute approximate surface area is 437 Å². The zero-order valence-electron chi connectivity index (χ0n) is 42.6. The van der Waals surface area contributed by atoms with Crippen molar-refractivity contribution < 1.29 is 52.7 Å². The highest BCUT2D eigenvalue weighted by atomic mass is 16.2. The lowest BCUT2D eigenvalue weighted by atomic mass is 10.0. The highest BCUT2D eigenvalue weighted by molar-refractivity contribution is 5.98. The van der Waals surface area contributed by atoms with Crippen molar-refractivity contribution in [1.29, 1.82) is 10.8 Å². The van der Waals surface area contributed by atoms with E-state index in [4.69, 9.17) is 33.8 Å². The van der Waals surface area contributed by atoms with Crippen molar-refractivity contribution in [2.45, 2.75) is 139 Å². The number of guanidine groups is 2. The van der Waals surface area contributed by atoms with Crippen molar-refractivity contribution in [1.82, 2.24) is 63.1 Å². The van der Waals surface area contributed by atoms with Gasteiger partial charge in [-0.3, -0.25) is 63.6 Å². The molecule has 1 aromatic heterocycles. The van der Waals surface area contributed by atoms with Crippen LogP contribution in [0.15, 0.2) is 30.5 Å². The number of hydrogen-bond donors (Lipinski definition) is 17. The topological polar surface area (TPSA) is 479 Å². The van der Waals surface area contributed by atoms with Gasteiger partial charge in [0.1, 0.15) is 42.3 Å². The second-order valence-electron chi connectivity index (χ2n) is 18.7. The molecule has 0 saturated carbocycles. The smallest absolute Gasteiger partial charge is 0.243 e. The third kappa shape index (κ3) is 19.4. The quantitative estimate of drug-likeness (QED) is 0.0400. The number of carbonyl (C=O) groups is 11. The summed E-state index contributed by atoms with van der Waals surface area (Å²) >= 11 is 0. The molecule has 29 nitrogen and oxygen atoms in total. The van der Waals surface area contributed by atoms with Crippen LogP contribution in [0.5, 0.6) is 0 Å². The first-order valence-corrected chi connectivity index (χ1v) is 25.0. The minimum absolute atomic E-state index is 0.00416. The number of amides is 11. The predicted octanol–water partition coefficient (Wildman–Crippen LogP) is -5.29. The lowest BCUT2D eigenvalue weighted by Crippen LogP contribution is -2.62. The third-order valence-corrected chi connectivity index (χ3v) is 12.6. The van der Waals surface area contributed by atoms with Crippen LogP contribution in [0, 0.1) is 10.8 Å². The van der Waals surface area contributed by atoms with Crippen LogP contribution in [0.25, 0.3) is 10.9 Å². The molecule has 0 radical (unpaired) electrons. The van der Waals surface area contributed by atoms with E-state index in [1.165, 1.54) is 18.7 Å². The van der Waals surface area contributed by atoms with Gasteiger partial charge in [-0.15, -0.1) is 0 Å². The van der Waals surface area contributed by atoms with Gasteiger partial charge in [-0.2, -0.15) is 0 Å². The molecule has 29 heteroatoms. The number of H-pyrrole nitrogens is 1. The highest BCUT2D eigenvalue weighted by Gasteiger charge is 2.38. The number of nitrogens with two attached hydrogens (primary N) is 4. The SMILES string of the molecule is CC(=O)N1C[C@H](CC(=O)N[C@H]2CC(=O)NCCCC[C@@H](C(N)=O)NC(=O)[C@H](Cc3c[nH]c4ccccc34)NC(=O)[C@H](CCCNC(=N)N)NC(=O)[C@@H](C)NC(=O)[C@H](CCC(N)=O)NC2=O)NC(=O)[C@@H]1CCCNC(=N)N. The number of aromatic nitrogens is 1. The molecule has 0 aliphatic carbocycles. The molecule has 2 saturated heterocycles. The number of primary amides is 2. The van der Waals surface area contributed by atoms with Gasteiger partial charge in [0.25, 0.3) is 0 Å². The lowest BCUT2D eigenvalue weighted by molar-refractivity contribution is -0.144. The summed E-state index contributed by atoms with van der Waals surface area (Å²) in [5, 5.41) is 41.5. The minimum atomic E-state index is -1.69. The summed E-state index contributed by atoms with van der Waals surface area (Å²) in [5.41, 5.74) is 23.3. The Bertz CT molecular complexity index is 2480. The van der Waals surface area contributed by atoms with Crippen LogP contribution in [0.1, 0.15) is 90.0 Å². The van der Waals surface area contributed by atoms with E-state index in [0.29, 0.717) is 12.0 Å². The fourth-order valence-corrected chi connectivity index (χ4v) is 8.63. The largest absolute Gasteiger partial charge is 0.370 e. The number of nitrogens with one attached hydrogen (secondary N) is 13. The Morgan fingerprint density at radius 2 is 1.34 bits per heavy atom. The Morgan fingerprint density at radius 1 is 0.724 bits per heavy atom. The number of para-hydroxylation sites is 1. The molecule has 1 aromatic carbocycles. The third-order valence-electron chi connectivity index (χ3n) is 12.6. The molecule has 4 rings (SSSR count). The van der Waals surface area contributed by atoms with Gasteiger partial charge in [0.2, 0.25) is 65.0 Å². The number of fused-ring (bicyclic) bond motifs is 1. The Kier molecular flexibility index (Phi) is 23.2. The van der Waals surface area contributed by atoms with E-state index < -0.39 is 139 Å². The molecule has 3 heterocycles. The molecule has 2 fully saturated rings. The van der Waals surface area contributed by atoms with E-state index in [2.05, 4.69) is 58.2 Å². The second-order valence-corrected chi connectivity index (χ2v) is 18.7. The van der Waals surface area contributed by atoms with Gasteiger partial charge in [-0.25, -0.2) is 0 Å². The van der Waals surface area contributed by atoms with Crippen LogP contribution in [-0.4, -0.2) is 161 Å². The van der Waals surface area contributed by atoms with Crippen LogP contribution in [-0.2, 0) is 59.2 Å². The number of benzene rings is 1. The van der Waals surface area contributed by atoms with Gasteiger partial charge < -0.3 is 86.0 Å². The summed E-state index contributed by atoms with van der Waals surface area (Å²) in [4.78, 5) is 152. The minimum Gasteiger partial charge on any atom is -0.370 e. The van der Waals surface area contributed by atoms with E-state index in [0.717, 1.165) is 10.9 Å². The highest BCUT2D eigenvalue weighted by Crippen LogP contribution is 2.20. The average Bonchev–Trinajstić information content (AvgIpc) is 3.75. The van der Waals surface area contributed by atoms with E-state index in [9.17, 15) is 52.7 Å². The first-order valence-electron chi connectivity index (χ1n) is 25.0. The van der Waals surface area contributed by atoms with Crippen LogP contribution < -0.4 is 76.1 Å². The zero-order valence-corrected chi connectivity index (χ0v) is 42.6. The zero-order chi connectivity index (χ0) is 56.1. The van der Waals surface area contributed by atoms with Crippen molar-refractivity contribution in [3.8, 4) is 0 Å². The molecule has 76 heavy (non-hydrogen) atoms. The standard InChI is InChI=1S/C47H72N18O11/c1-24-40(71)62-31(12-7-17-55-46(50)51)42(73)64-33(19-26-22-57-29-10-4-3-9-28(26)29)43(74)61-30(39(49)70)11-5-6-16-54-37(68)21-34(44(75)63-32(41(72)58-24)14-15-36(48)67)60-38(69)20-27-23-65(25(2)66)35(45(76)59-27)13-8-18-56-47(52)53/h3-4,9-10,22,24,27,30-35,57H,5-8,11-21,23H2,1-2H3,(H2,48,67)(H2,49,70)(H,54,68)(H,58,72)(H,59,76)(H,60,69)(H,61,74)(H,62,71)(H,63,75)(H,64,73)(H4,50,51,55)(H4,52,53,56)/t24-,27+,30+,31+,32+,33+,34+,35+/m1/s1. The summed E-state index contributed by atoms with van der Waals surface area (Å²) in [6, 6.07) is -3.27. The first-order chi connectivity index (χ1) is 36.0. The van der Waals surface area contributed by atoms with Crippen LogP contribution in [0.4, 0.5) is 0 Å². The number of carbonyl (C=O) groups excluding carboxylic acids is 11. The summed E-state index contributed by atoms with van der Waals surface area (Å²) in [5.74, 6) is -9.55. The summed E-state index contributed by atoms with van der Waals surface area (Å²) in [7, 11) is 0. The molecule has 416 valence electrons. The van der Waals surface area contributed by atoms with Gasteiger partial charge in [0.05, 0.1) is 12.5 Å². The fraction of sp³-hybridized carbons (Fsp3) is 0.553. The number of piperazine rings is 1. The van der Waals surface area contributed by atoms with Crippen molar-refractivity contribution in [2.24, 2.45) is 22.9 Å². The molecule has 2 aliphatic rings. The normalized spacial score (nSPS) is 23.7. The van der Waals surface area contributed by atoms with E-state index in [1.807, 2.05) is 18.2 Å². The summed E-state index contributed by atoms with van der Waals surface area (Å²) in [6.45, 7) is 2.78. The summed E-state index contributed by atoms with van der Waals surface area (Å²) in [6.07, 6.45) is 0.659. The second kappa shape index (κ2) is 29.4. The number of nitrogens with zero attached hydrogens (tertiary/aromatic N) is 1. The molecular formula is C47H72N18O11. The van der Waals surface area contributed by atoms with E-state index >= 15 is 0 Å². The van der Waals surface area contributed by atoms with Gasteiger partial charge >= 0.3 is 0 Å². The number of aromatic amines is 1. The van der Waals surface area contributed by atoms with Crippen molar-refractivity contribution >= 4 is 87.8 Å². The Hall–Kier alpha value is -8.53. The number of hydrogen-bond acceptors (Lipinski definition) is 13. The molecule has 0 spiro atoms. The predicted molar refractivity (Wildman–Crippen MR) is 274 cm³/mol. The lowest BCUT2D eigenvalue weighted by Gasteiger charge is -2.39. The maximum Gasteiger partial charge on any atom is 0.243 e. The summed E-state index contributed by atoms with van der Waals surface area (Å²) < 4.78 is 0. The van der Waals surface area contributed by atoms with Gasteiger partial charge in [0, 0.05) is 69.5 Å². The van der Waals surface area contributed by atoms with Crippen molar-refractivity contribution in [3.63, 3.8) is 0 Å². The van der Waals surface area contributed by atoms with E-state index in [-0.39, 0.29) is 83.0 Å². The van der Waals surface area contributed by atoms with Gasteiger partial charge in [-0.1, -0.05) is 18.2 Å². The molecule has 8 atom stereocenters. The molecule has 11 amide bonds. The first kappa shape index (κ1) is 60.0. The van der Waals surface area contributed by atoms with Crippen molar-refractivity contribution in [2.75, 3.05) is 26.2 Å². The molecule has 21 N–H and O–H groups in total. The molecular weight excluding hydrogens is 993 g/mol. The molecule has 2 aliphatic heterocycles. The van der Waals surface area contributed by atoms with Crippen LogP contribution >= 0.6 is 0 Å². The maximum atomic E-state index is 14.2. The fourth-order valence-electron chi connectivity index (χ4n) is 8.63. The Morgan fingerprint density at radius 3 is 2.00 bits per heavy atom. The molecule has 0 unspecified atom stereocenters. The molecule has 2 aromatic rings. The van der Waals surface area contributed by atoms with Crippen molar-refractivity contribution in [3.05, 3.63) is 36.0 Å². The van der Waals surface area contributed by atoms with E-state index in [1.54, 1.807) is 12.3 Å². The number of rotatable bonds is 17.